The Bertz CT molecular complexity index is 565. The van der Waals surface area contributed by atoms with Crippen molar-refractivity contribution in [1.82, 2.24) is 14.7 Å². The van der Waals surface area contributed by atoms with E-state index in [2.05, 4.69) is 11.7 Å². The highest BCUT2D eigenvalue weighted by Crippen LogP contribution is 2.42. The van der Waals surface area contributed by atoms with Crippen LogP contribution in [-0.2, 0) is 18.4 Å². The van der Waals surface area contributed by atoms with Crippen molar-refractivity contribution in [2.75, 3.05) is 6.54 Å². The van der Waals surface area contributed by atoms with Gasteiger partial charge in [-0.15, -0.1) is 0 Å². The van der Waals surface area contributed by atoms with Crippen LogP contribution in [0.1, 0.15) is 49.8 Å². The monoisotopic (exact) mass is 315 g/mol. The second-order valence-electron chi connectivity index (χ2n) is 7.57. The zero-order valence-corrected chi connectivity index (χ0v) is 14.5. The first-order valence-corrected chi connectivity index (χ1v) is 8.95. The van der Waals surface area contributed by atoms with Crippen molar-refractivity contribution in [1.29, 1.82) is 0 Å². The molecule has 2 bridgehead atoms. The van der Waals surface area contributed by atoms with Crippen LogP contribution in [0, 0.1) is 24.7 Å². The molecule has 0 N–H and O–H groups in total. The zero-order valence-electron chi connectivity index (χ0n) is 14.5. The van der Waals surface area contributed by atoms with E-state index >= 15 is 0 Å². The predicted octanol–water partition coefficient (Wildman–Crippen LogP) is 3.46. The minimum atomic E-state index is 0.0454. The zero-order chi connectivity index (χ0) is 16.4. The fourth-order valence-electron chi connectivity index (χ4n) is 4.70. The second kappa shape index (κ2) is 6.90. The summed E-state index contributed by atoms with van der Waals surface area (Å²) in [7, 11) is 1.93. The Hall–Kier alpha value is -1.58. The lowest BCUT2D eigenvalue weighted by Gasteiger charge is -2.40. The van der Waals surface area contributed by atoms with Crippen molar-refractivity contribution in [3.63, 3.8) is 0 Å². The van der Waals surface area contributed by atoms with Gasteiger partial charge in [0.15, 0.2) is 0 Å². The predicted molar refractivity (Wildman–Crippen MR) is 91.7 cm³/mol. The molecule has 2 aliphatic carbocycles. The van der Waals surface area contributed by atoms with Gasteiger partial charge < -0.3 is 4.90 Å². The van der Waals surface area contributed by atoms with Gasteiger partial charge in [0.2, 0.25) is 5.91 Å². The average molecular weight is 315 g/mol. The molecule has 4 nitrogen and oxygen atoms in total. The van der Waals surface area contributed by atoms with Crippen molar-refractivity contribution in [3.05, 3.63) is 30.1 Å². The summed E-state index contributed by atoms with van der Waals surface area (Å²) in [6.45, 7) is 7.22. The van der Waals surface area contributed by atoms with Gasteiger partial charge in [-0.05, 0) is 50.0 Å². The van der Waals surface area contributed by atoms with Crippen LogP contribution in [-0.4, -0.2) is 27.1 Å². The Kier molecular flexibility index (Phi) is 4.88. The van der Waals surface area contributed by atoms with Gasteiger partial charge in [-0.2, -0.15) is 5.10 Å². The number of fused-ring (bicyclic) bond motifs is 2. The van der Waals surface area contributed by atoms with Crippen molar-refractivity contribution >= 4 is 5.91 Å². The van der Waals surface area contributed by atoms with Crippen LogP contribution in [0.25, 0.3) is 0 Å². The molecule has 1 aromatic rings. The lowest BCUT2D eigenvalue weighted by atomic mass is 9.68. The molecule has 0 radical (unpaired) electrons. The summed E-state index contributed by atoms with van der Waals surface area (Å²) in [5.41, 5.74) is 2.15. The summed E-state index contributed by atoms with van der Waals surface area (Å²) in [5.74, 6) is 2.49. The molecule has 1 amide bonds. The summed E-state index contributed by atoms with van der Waals surface area (Å²) in [5, 5.41) is 4.40. The van der Waals surface area contributed by atoms with E-state index in [0.717, 1.165) is 29.6 Å². The molecule has 2 atom stereocenters. The topological polar surface area (TPSA) is 38.1 Å². The lowest BCUT2D eigenvalue weighted by Crippen LogP contribution is -2.38. The number of aryl methyl sites for hydroxylation is 2. The quantitative estimate of drug-likeness (QED) is 0.781. The van der Waals surface area contributed by atoms with Crippen molar-refractivity contribution in [2.24, 2.45) is 24.8 Å². The van der Waals surface area contributed by atoms with Crippen LogP contribution in [0.5, 0.6) is 0 Å². The third-order valence-corrected chi connectivity index (χ3v) is 5.67. The molecule has 0 aliphatic heterocycles. The first-order chi connectivity index (χ1) is 11.0. The molecule has 3 rings (SSSR count). The van der Waals surface area contributed by atoms with Gasteiger partial charge in [-0.1, -0.05) is 25.8 Å². The molecule has 0 saturated heterocycles. The molecule has 1 heterocycles. The molecule has 4 heteroatoms. The van der Waals surface area contributed by atoms with Gasteiger partial charge in [-0.3, -0.25) is 9.48 Å². The minimum absolute atomic E-state index is 0.0454. The number of nitrogens with zero attached hydrogens (tertiary/aromatic N) is 3. The van der Waals surface area contributed by atoms with Crippen LogP contribution in [0.4, 0.5) is 0 Å². The molecule has 126 valence electrons. The van der Waals surface area contributed by atoms with Gasteiger partial charge in [0.1, 0.15) is 0 Å². The Balaban J connectivity index is 1.68. The Morgan fingerprint density at radius 3 is 2.65 bits per heavy atom. The average Bonchev–Trinajstić information content (AvgIpc) is 2.83. The summed E-state index contributed by atoms with van der Waals surface area (Å²) in [6, 6.07) is 0. The van der Waals surface area contributed by atoms with Crippen molar-refractivity contribution < 1.29 is 4.79 Å². The number of hydrogen-bond acceptors (Lipinski definition) is 2. The number of carbonyl (C=O) groups is 1. The number of amides is 1. The number of aromatic nitrogens is 2. The second-order valence-corrected chi connectivity index (χ2v) is 7.57. The SMILES string of the molecule is C=CC(=O)N(Cc1cn(C)nc1C)CC1CC2CCCC(C2)C1. The molecular formula is C19H29N3O. The molecule has 2 unspecified atom stereocenters. The smallest absolute Gasteiger partial charge is 0.246 e. The Morgan fingerprint density at radius 2 is 2.09 bits per heavy atom. The van der Waals surface area contributed by atoms with Crippen LogP contribution >= 0.6 is 0 Å². The fourth-order valence-corrected chi connectivity index (χ4v) is 4.70. The summed E-state index contributed by atoms with van der Waals surface area (Å²) >= 11 is 0. The molecule has 23 heavy (non-hydrogen) atoms. The maximum atomic E-state index is 12.3. The molecule has 1 aromatic heterocycles. The third-order valence-electron chi connectivity index (χ3n) is 5.67. The summed E-state index contributed by atoms with van der Waals surface area (Å²) < 4.78 is 1.83. The van der Waals surface area contributed by atoms with Gasteiger partial charge >= 0.3 is 0 Å². The van der Waals surface area contributed by atoms with Crippen molar-refractivity contribution in [2.45, 2.75) is 52.0 Å². The highest BCUT2D eigenvalue weighted by Gasteiger charge is 2.33. The van der Waals surface area contributed by atoms with Crippen LogP contribution in [0.15, 0.2) is 18.9 Å². The van der Waals surface area contributed by atoms with E-state index in [0.29, 0.717) is 12.5 Å². The van der Waals surface area contributed by atoms with Gasteiger partial charge in [0.05, 0.1) is 5.69 Å². The molecular weight excluding hydrogens is 286 g/mol. The van der Waals surface area contributed by atoms with Crippen LogP contribution < -0.4 is 0 Å². The molecule has 0 spiro atoms. The lowest BCUT2D eigenvalue weighted by molar-refractivity contribution is -0.127. The Morgan fingerprint density at radius 1 is 1.39 bits per heavy atom. The van der Waals surface area contributed by atoms with E-state index in [9.17, 15) is 4.79 Å². The first-order valence-electron chi connectivity index (χ1n) is 8.95. The maximum Gasteiger partial charge on any atom is 0.246 e. The van der Waals surface area contributed by atoms with E-state index < -0.39 is 0 Å². The van der Waals surface area contributed by atoms with E-state index in [4.69, 9.17) is 0 Å². The minimum Gasteiger partial charge on any atom is -0.334 e. The van der Waals surface area contributed by atoms with Crippen LogP contribution in [0.3, 0.4) is 0 Å². The number of hydrogen-bond donors (Lipinski definition) is 0. The van der Waals surface area contributed by atoms with E-state index in [1.165, 1.54) is 44.6 Å². The van der Waals surface area contributed by atoms with Gasteiger partial charge in [0.25, 0.3) is 0 Å². The van der Waals surface area contributed by atoms with E-state index in [1.807, 2.05) is 29.7 Å². The highest BCUT2D eigenvalue weighted by molar-refractivity contribution is 5.87. The molecule has 0 aromatic carbocycles. The normalized spacial score (nSPS) is 26.8. The summed E-state index contributed by atoms with van der Waals surface area (Å²) in [6.07, 6.45) is 11.7. The molecule has 2 aliphatic rings. The largest absolute Gasteiger partial charge is 0.334 e. The molecule has 2 saturated carbocycles. The summed E-state index contributed by atoms with van der Waals surface area (Å²) in [4.78, 5) is 14.3. The Labute approximate surface area is 139 Å². The van der Waals surface area contributed by atoms with E-state index in [1.54, 1.807) is 0 Å². The van der Waals surface area contributed by atoms with Gasteiger partial charge in [-0.25, -0.2) is 0 Å². The van der Waals surface area contributed by atoms with Gasteiger partial charge in [0, 0.05) is 31.9 Å². The maximum absolute atomic E-state index is 12.3. The first kappa shape index (κ1) is 16.3. The van der Waals surface area contributed by atoms with Crippen LogP contribution in [0.2, 0.25) is 0 Å². The number of carbonyl (C=O) groups excluding carboxylic acids is 1. The third kappa shape index (κ3) is 3.85. The number of rotatable bonds is 5. The standard InChI is InChI=1S/C19H29N3O/c1-4-19(23)22(13-18-12-21(3)20-14(18)2)11-17-9-15-6-5-7-16(8-15)10-17/h4,12,15-17H,1,5-11,13H2,2-3H3. The van der Waals surface area contributed by atoms with Crippen molar-refractivity contribution in [3.8, 4) is 0 Å². The fraction of sp³-hybridized carbons (Fsp3) is 0.684. The molecule has 2 fully saturated rings. The van der Waals surface area contributed by atoms with E-state index in [-0.39, 0.29) is 5.91 Å². The highest BCUT2D eigenvalue weighted by atomic mass is 16.2.